The molecule has 0 unspecified atom stereocenters. The first kappa shape index (κ1) is 30.0. The highest BCUT2D eigenvalue weighted by Crippen LogP contribution is 2.35. The Kier molecular flexibility index (Phi) is 8.36. The van der Waals surface area contributed by atoms with Crippen molar-refractivity contribution in [3.05, 3.63) is 88.1 Å². The van der Waals surface area contributed by atoms with Crippen molar-refractivity contribution in [2.75, 3.05) is 31.6 Å². The van der Waals surface area contributed by atoms with Crippen LogP contribution in [0.25, 0.3) is 28.0 Å². The molecule has 1 amide bonds. The Hall–Kier alpha value is -4.51. The van der Waals surface area contributed by atoms with Gasteiger partial charge in [0, 0.05) is 44.5 Å². The number of rotatable bonds is 7. The number of hydrogen-bond donors (Lipinski definition) is 0. The molecule has 0 N–H and O–H groups in total. The van der Waals surface area contributed by atoms with E-state index in [0.29, 0.717) is 36.6 Å². The lowest BCUT2D eigenvalue weighted by Gasteiger charge is -2.40. The van der Waals surface area contributed by atoms with Gasteiger partial charge in [-0.05, 0) is 55.2 Å². The molecule has 1 saturated heterocycles. The second-order valence-corrected chi connectivity index (χ2v) is 11.0. The van der Waals surface area contributed by atoms with Gasteiger partial charge in [-0.15, -0.1) is 0 Å². The molecule has 1 atom stereocenters. The summed E-state index contributed by atoms with van der Waals surface area (Å²) in [6.45, 7) is 12.4. The molecule has 4 heterocycles. The number of aromatic nitrogens is 4. The molecule has 4 aromatic rings. The van der Waals surface area contributed by atoms with Gasteiger partial charge in [-0.3, -0.25) is 9.78 Å². The molecular formula is C32H34F2N6O3. The zero-order valence-corrected chi connectivity index (χ0v) is 24.9. The zero-order valence-electron chi connectivity index (χ0n) is 24.9. The number of pyridine rings is 2. The summed E-state index contributed by atoms with van der Waals surface area (Å²) in [4.78, 5) is 43.5. The highest BCUT2D eigenvalue weighted by molar-refractivity contribution is 5.91. The van der Waals surface area contributed by atoms with E-state index in [1.165, 1.54) is 36.0 Å². The van der Waals surface area contributed by atoms with Gasteiger partial charge in [0.05, 0.1) is 23.4 Å². The van der Waals surface area contributed by atoms with Crippen LogP contribution >= 0.6 is 0 Å². The van der Waals surface area contributed by atoms with E-state index in [4.69, 9.17) is 4.74 Å². The SMILES string of the molecule is C=CC(=O)N1CCN(c2nc(=O)n(-c3c(C)ccnc3C(C)C)c3nc(-c4c(F)cccc4COC)c(F)cc23)[C@@H](C)C1. The molecule has 43 heavy (non-hydrogen) atoms. The summed E-state index contributed by atoms with van der Waals surface area (Å²) in [6, 6.07) is 7.19. The lowest BCUT2D eigenvalue weighted by atomic mass is 10.0. The Bertz CT molecular complexity index is 1790. The number of amides is 1. The van der Waals surface area contributed by atoms with Crippen LogP contribution in [0.2, 0.25) is 0 Å². The Morgan fingerprint density at radius 3 is 2.63 bits per heavy atom. The molecule has 3 aromatic heterocycles. The van der Waals surface area contributed by atoms with Crippen molar-refractivity contribution < 1.29 is 18.3 Å². The highest BCUT2D eigenvalue weighted by atomic mass is 19.1. The number of aryl methyl sites for hydroxylation is 1. The first-order chi connectivity index (χ1) is 20.6. The summed E-state index contributed by atoms with van der Waals surface area (Å²) < 4.78 is 38.0. The minimum absolute atomic E-state index is 0.0328. The van der Waals surface area contributed by atoms with Crippen molar-refractivity contribution in [1.29, 1.82) is 0 Å². The largest absolute Gasteiger partial charge is 0.380 e. The van der Waals surface area contributed by atoms with E-state index in [9.17, 15) is 9.59 Å². The number of halogens is 2. The number of anilines is 1. The maximum absolute atomic E-state index is 16.1. The number of benzene rings is 1. The van der Waals surface area contributed by atoms with Gasteiger partial charge in [0.15, 0.2) is 5.65 Å². The van der Waals surface area contributed by atoms with Gasteiger partial charge in [0.2, 0.25) is 5.91 Å². The van der Waals surface area contributed by atoms with Crippen LogP contribution in [0.5, 0.6) is 0 Å². The van der Waals surface area contributed by atoms with Gasteiger partial charge in [-0.1, -0.05) is 32.6 Å². The van der Waals surface area contributed by atoms with Crippen LogP contribution in [-0.4, -0.2) is 63.1 Å². The summed E-state index contributed by atoms with van der Waals surface area (Å²) in [5.74, 6) is -1.46. The first-order valence-electron chi connectivity index (χ1n) is 14.1. The third-order valence-electron chi connectivity index (χ3n) is 7.75. The Morgan fingerprint density at radius 1 is 1.19 bits per heavy atom. The number of piperazine rings is 1. The standard InChI is InChI=1S/C32H34F2N6O3/c1-7-25(41)38-13-14-39(20(5)16-38)30-22-15-24(34)28(26-21(17-43-6)9-8-10-23(26)33)36-31(22)40(32(42)37-30)29-19(4)11-12-35-27(29)18(2)3/h7-12,15,18,20H,1,13-14,16-17H2,2-6H3/t20-/m0/s1. The van der Waals surface area contributed by atoms with E-state index in [2.05, 4.69) is 21.5 Å². The van der Waals surface area contributed by atoms with Crippen LogP contribution in [-0.2, 0) is 16.1 Å². The number of ether oxygens (including phenoxy) is 1. The molecule has 0 aliphatic carbocycles. The maximum atomic E-state index is 16.1. The lowest BCUT2D eigenvalue weighted by Crippen LogP contribution is -2.54. The van der Waals surface area contributed by atoms with Crippen molar-refractivity contribution in [3.8, 4) is 16.9 Å². The topological polar surface area (TPSA) is 93.5 Å². The number of nitrogens with zero attached hydrogens (tertiary/aromatic N) is 6. The van der Waals surface area contributed by atoms with Gasteiger partial charge >= 0.3 is 5.69 Å². The predicted octanol–water partition coefficient (Wildman–Crippen LogP) is 4.92. The molecule has 1 aliphatic heterocycles. The van der Waals surface area contributed by atoms with Crippen molar-refractivity contribution in [2.24, 2.45) is 0 Å². The first-order valence-corrected chi connectivity index (χ1v) is 14.1. The van der Waals surface area contributed by atoms with Crippen molar-refractivity contribution >= 4 is 22.8 Å². The van der Waals surface area contributed by atoms with E-state index in [0.717, 1.165) is 5.56 Å². The molecule has 9 nitrogen and oxygen atoms in total. The summed E-state index contributed by atoms with van der Waals surface area (Å²) in [5, 5.41) is 0.277. The molecule has 224 valence electrons. The molecule has 11 heteroatoms. The molecule has 0 saturated carbocycles. The molecule has 1 aromatic carbocycles. The smallest absolute Gasteiger partial charge is 0.355 e. The van der Waals surface area contributed by atoms with E-state index < -0.39 is 17.3 Å². The van der Waals surface area contributed by atoms with Crippen LogP contribution in [0.4, 0.5) is 14.6 Å². The van der Waals surface area contributed by atoms with Crippen molar-refractivity contribution in [2.45, 2.75) is 46.3 Å². The minimum Gasteiger partial charge on any atom is -0.380 e. The quantitative estimate of drug-likeness (QED) is 0.283. The van der Waals surface area contributed by atoms with E-state index in [-0.39, 0.29) is 52.6 Å². The monoisotopic (exact) mass is 588 g/mol. The molecular weight excluding hydrogens is 554 g/mol. The van der Waals surface area contributed by atoms with Crippen LogP contribution in [0.3, 0.4) is 0 Å². The fraction of sp³-hybridized carbons (Fsp3) is 0.344. The van der Waals surface area contributed by atoms with Crippen LogP contribution in [0.1, 0.15) is 43.5 Å². The van der Waals surface area contributed by atoms with Crippen LogP contribution < -0.4 is 10.6 Å². The van der Waals surface area contributed by atoms with E-state index in [1.807, 2.05) is 32.6 Å². The van der Waals surface area contributed by atoms with Crippen LogP contribution in [0, 0.1) is 18.6 Å². The molecule has 0 bridgehead atoms. The average molecular weight is 589 g/mol. The summed E-state index contributed by atoms with van der Waals surface area (Å²) in [6.07, 6.45) is 2.94. The second kappa shape index (κ2) is 12.0. The summed E-state index contributed by atoms with van der Waals surface area (Å²) in [5.41, 5.74) is 1.50. The van der Waals surface area contributed by atoms with E-state index >= 15 is 8.78 Å². The van der Waals surface area contributed by atoms with Gasteiger partial charge in [-0.2, -0.15) is 4.98 Å². The fourth-order valence-corrected chi connectivity index (χ4v) is 5.70. The average Bonchev–Trinajstić information content (AvgIpc) is 2.97. The van der Waals surface area contributed by atoms with Gasteiger partial charge < -0.3 is 14.5 Å². The van der Waals surface area contributed by atoms with Crippen LogP contribution in [0.15, 0.2) is 54.0 Å². The Morgan fingerprint density at radius 2 is 1.95 bits per heavy atom. The number of carbonyl (C=O) groups excluding carboxylic acids is 1. The highest BCUT2D eigenvalue weighted by Gasteiger charge is 2.31. The summed E-state index contributed by atoms with van der Waals surface area (Å²) >= 11 is 0. The third-order valence-corrected chi connectivity index (χ3v) is 7.75. The molecule has 0 radical (unpaired) electrons. The lowest BCUT2D eigenvalue weighted by molar-refractivity contribution is -0.126. The fourth-order valence-electron chi connectivity index (χ4n) is 5.70. The van der Waals surface area contributed by atoms with Gasteiger partial charge in [0.1, 0.15) is 23.1 Å². The zero-order chi connectivity index (χ0) is 31.0. The normalized spacial score (nSPS) is 15.4. The summed E-state index contributed by atoms with van der Waals surface area (Å²) in [7, 11) is 1.47. The molecule has 0 spiro atoms. The van der Waals surface area contributed by atoms with E-state index in [1.54, 1.807) is 23.2 Å². The number of carbonyl (C=O) groups is 1. The predicted molar refractivity (Wildman–Crippen MR) is 161 cm³/mol. The number of fused-ring (bicyclic) bond motifs is 1. The Balaban J connectivity index is 1.84. The second-order valence-electron chi connectivity index (χ2n) is 11.0. The third kappa shape index (κ3) is 5.40. The Labute approximate surface area is 248 Å². The molecule has 1 fully saturated rings. The molecule has 5 rings (SSSR count). The minimum atomic E-state index is -0.775. The number of methoxy groups -OCH3 is 1. The van der Waals surface area contributed by atoms with Crippen molar-refractivity contribution in [3.63, 3.8) is 0 Å². The molecule has 1 aliphatic rings. The number of hydrogen-bond acceptors (Lipinski definition) is 7. The van der Waals surface area contributed by atoms with Crippen molar-refractivity contribution in [1.82, 2.24) is 24.4 Å². The van der Waals surface area contributed by atoms with Gasteiger partial charge in [-0.25, -0.2) is 23.1 Å². The maximum Gasteiger partial charge on any atom is 0.355 e. The van der Waals surface area contributed by atoms with Gasteiger partial charge in [0.25, 0.3) is 0 Å².